The molecule has 1 unspecified atom stereocenters. The molecule has 1 aliphatic rings. The highest BCUT2D eigenvalue weighted by Gasteiger charge is 2.25. The molecule has 4 nitrogen and oxygen atoms in total. The Morgan fingerprint density at radius 3 is 2.33 bits per heavy atom. The number of piperazine rings is 1. The fourth-order valence-electron chi connectivity index (χ4n) is 2.59. The number of carbonyl (C=O) groups excluding carboxylic acids is 1. The van der Waals surface area contributed by atoms with Gasteiger partial charge in [-0.05, 0) is 31.5 Å². The summed E-state index contributed by atoms with van der Waals surface area (Å²) < 4.78 is 5.94. The minimum Gasteiger partial charge on any atom is -0.481 e. The summed E-state index contributed by atoms with van der Waals surface area (Å²) in [6.45, 7) is 9.55. The highest BCUT2D eigenvalue weighted by atomic mass is 16.5. The summed E-state index contributed by atoms with van der Waals surface area (Å²) in [7, 11) is 2.08. The Hall–Kier alpha value is -1.55. The Balaban J connectivity index is 2.01. The van der Waals surface area contributed by atoms with Crippen LogP contribution in [0.5, 0.6) is 5.75 Å². The minimum atomic E-state index is -0.437. The predicted molar refractivity (Wildman–Crippen MR) is 84.7 cm³/mol. The van der Waals surface area contributed by atoms with E-state index in [9.17, 15) is 4.79 Å². The van der Waals surface area contributed by atoms with E-state index in [1.807, 2.05) is 30.0 Å². The van der Waals surface area contributed by atoms with Crippen molar-refractivity contribution in [1.82, 2.24) is 9.80 Å². The fourth-order valence-corrected chi connectivity index (χ4v) is 2.59. The van der Waals surface area contributed by atoms with Gasteiger partial charge < -0.3 is 14.5 Å². The number of rotatable bonds is 4. The third kappa shape index (κ3) is 3.97. The molecule has 1 fully saturated rings. The van der Waals surface area contributed by atoms with Gasteiger partial charge in [-0.2, -0.15) is 0 Å². The molecule has 1 saturated heterocycles. The molecule has 1 atom stereocenters. The highest BCUT2D eigenvalue weighted by Crippen LogP contribution is 2.27. The van der Waals surface area contributed by atoms with Gasteiger partial charge in [0.2, 0.25) is 0 Å². The monoisotopic (exact) mass is 290 g/mol. The topological polar surface area (TPSA) is 32.8 Å². The molecule has 116 valence electrons. The van der Waals surface area contributed by atoms with Crippen molar-refractivity contribution in [2.45, 2.75) is 32.8 Å². The van der Waals surface area contributed by atoms with Gasteiger partial charge in [0.1, 0.15) is 5.75 Å². The SMILES string of the molecule is CC(Oc1ccccc1C(C)C)C(=O)N1CCN(C)CC1. The van der Waals surface area contributed by atoms with Gasteiger partial charge in [0.25, 0.3) is 5.91 Å². The maximum absolute atomic E-state index is 12.5. The van der Waals surface area contributed by atoms with E-state index in [-0.39, 0.29) is 5.91 Å². The van der Waals surface area contributed by atoms with Crippen LogP contribution in [-0.2, 0) is 4.79 Å². The quantitative estimate of drug-likeness (QED) is 0.853. The van der Waals surface area contributed by atoms with E-state index >= 15 is 0 Å². The van der Waals surface area contributed by atoms with Crippen LogP contribution in [0.15, 0.2) is 24.3 Å². The largest absolute Gasteiger partial charge is 0.481 e. The van der Waals surface area contributed by atoms with Gasteiger partial charge in [-0.15, -0.1) is 0 Å². The molecule has 0 radical (unpaired) electrons. The van der Waals surface area contributed by atoms with Crippen LogP contribution < -0.4 is 4.74 Å². The lowest BCUT2D eigenvalue weighted by Crippen LogP contribution is -2.50. The van der Waals surface area contributed by atoms with Gasteiger partial charge in [0.15, 0.2) is 6.10 Å². The zero-order valence-corrected chi connectivity index (χ0v) is 13.5. The van der Waals surface area contributed by atoms with Crippen molar-refractivity contribution in [2.75, 3.05) is 33.2 Å². The average molecular weight is 290 g/mol. The Kier molecular flexibility index (Phi) is 5.23. The van der Waals surface area contributed by atoms with Crippen LogP contribution in [-0.4, -0.2) is 55.0 Å². The van der Waals surface area contributed by atoms with E-state index in [1.54, 1.807) is 0 Å². The van der Waals surface area contributed by atoms with Gasteiger partial charge >= 0.3 is 0 Å². The summed E-state index contributed by atoms with van der Waals surface area (Å²) in [6.07, 6.45) is -0.437. The number of hydrogen-bond donors (Lipinski definition) is 0. The lowest BCUT2D eigenvalue weighted by atomic mass is 10.0. The molecule has 0 bridgehead atoms. The molecular weight excluding hydrogens is 264 g/mol. The number of nitrogens with zero attached hydrogens (tertiary/aromatic N) is 2. The molecule has 0 aromatic heterocycles. The van der Waals surface area contributed by atoms with Gasteiger partial charge in [-0.25, -0.2) is 0 Å². The lowest BCUT2D eigenvalue weighted by molar-refractivity contribution is -0.139. The Bertz CT molecular complexity index is 479. The van der Waals surface area contributed by atoms with E-state index in [2.05, 4.69) is 31.9 Å². The van der Waals surface area contributed by atoms with Crippen molar-refractivity contribution in [2.24, 2.45) is 0 Å². The third-order valence-corrected chi connectivity index (χ3v) is 4.01. The van der Waals surface area contributed by atoms with E-state index < -0.39 is 6.10 Å². The van der Waals surface area contributed by atoms with E-state index in [4.69, 9.17) is 4.74 Å². The molecule has 0 aliphatic carbocycles. The van der Waals surface area contributed by atoms with Crippen LogP contribution >= 0.6 is 0 Å². The lowest BCUT2D eigenvalue weighted by Gasteiger charge is -2.34. The van der Waals surface area contributed by atoms with E-state index in [1.165, 1.54) is 0 Å². The Labute approximate surface area is 127 Å². The van der Waals surface area contributed by atoms with Crippen LogP contribution in [0.2, 0.25) is 0 Å². The molecule has 4 heteroatoms. The molecule has 2 rings (SSSR count). The van der Waals surface area contributed by atoms with Crippen molar-refractivity contribution < 1.29 is 9.53 Å². The number of para-hydroxylation sites is 1. The number of hydrogen-bond acceptors (Lipinski definition) is 3. The van der Waals surface area contributed by atoms with Gasteiger partial charge in [-0.3, -0.25) is 4.79 Å². The first-order chi connectivity index (χ1) is 9.99. The normalized spacial score (nSPS) is 17.9. The van der Waals surface area contributed by atoms with Crippen LogP contribution in [0.1, 0.15) is 32.3 Å². The maximum atomic E-state index is 12.5. The van der Waals surface area contributed by atoms with Gasteiger partial charge in [0, 0.05) is 26.2 Å². The zero-order chi connectivity index (χ0) is 15.4. The van der Waals surface area contributed by atoms with Gasteiger partial charge in [0.05, 0.1) is 0 Å². The van der Waals surface area contributed by atoms with Crippen LogP contribution in [0.25, 0.3) is 0 Å². The second kappa shape index (κ2) is 6.94. The summed E-state index contributed by atoms with van der Waals surface area (Å²) >= 11 is 0. The predicted octanol–water partition coefficient (Wildman–Crippen LogP) is 2.35. The number of carbonyl (C=O) groups is 1. The van der Waals surface area contributed by atoms with Crippen molar-refractivity contribution >= 4 is 5.91 Å². The van der Waals surface area contributed by atoms with Crippen molar-refractivity contribution in [3.8, 4) is 5.75 Å². The van der Waals surface area contributed by atoms with Crippen LogP contribution in [0.4, 0.5) is 0 Å². The first-order valence-corrected chi connectivity index (χ1v) is 7.72. The first-order valence-electron chi connectivity index (χ1n) is 7.72. The van der Waals surface area contributed by atoms with E-state index in [0.717, 1.165) is 37.5 Å². The second-order valence-corrected chi connectivity index (χ2v) is 6.08. The van der Waals surface area contributed by atoms with E-state index in [0.29, 0.717) is 5.92 Å². The maximum Gasteiger partial charge on any atom is 0.263 e. The molecule has 0 saturated carbocycles. The van der Waals surface area contributed by atoms with Gasteiger partial charge in [-0.1, -0.05) is 32.0 Å². The third-order valence-electron chi connectivity index (χ3n) is 4.01. The number of benzene rings is 1. The smallest absolute Gasteiger partial charge is 0.263 e. The van der Waals surface area contributed by atoms with Crippen molar-refractivity contribution in [3.63, 3.8) is 0 Å². The summed E-state index contributed by atoms with van der Waals surface area (Å²) in [5, 5.41) is 0. The second-order valence-electron chi connectivity index (χ2n) is 6.08. The molecule has 1 amide bonds. The zero-order valence-electron chi connectivity index (χ0n) is 13.5. The number of likely N-dealkylation sites (N-methyl/N-ethyl adjacent to an activating group) is 1. The summed E-state index contributed by atoms with van der Waals surface area (Å²) in [4.78, 5) is 16.6. The fraction of sp³-hybridized carbons (Fsp3) is 0.588. The number of amides is 1. The molecule has 1 aromatic carbocycles. The molecule has 0 N–H and O–H groups in total. The molecule has 1 aliphatic heterocycles. The molecule has 21 heavy (non-hydrogen) atoms. The molecule has 0 spiro atoms. The number of ether oxygens (including phenoxy) is 1. The Morgan fingerprint density at radius 1 is 1.10 bits per heavy atom. The average Bonchev–Trinajstić information content (AvgIpc) is 2.47. The minimum absolute atomic E-state index is 0.0849. The van der Waals surface area contributed by atoms with Crippen LogP contribution in [0.3, 0.4) is 0 Å². The summed E-state index contributed by atoms with van der Waals surface area (Å²) in [6, 6.07) is 7.97. The summed E-state index contributed by atoms with van der Waals surface area (Å²) in [5.74, 6) is 1.29. The molecule has 1 heterocycles. The Morgan fingerprint density at radius 2 is 1.71 bits per heavy atom. The summed E-state index contributed by atoms with van der Waals surface area (Å²) in [5.41, 5.74) is 1.15. The van der Waals surface area contributed by atoms with Crippen molar-refractivity contribution in [1.29, 1.82) is 0 Å². The first kappa shape index (κ1) is 15.8. The highest BCUT2D eigenvalue weighted by molar-refractivity contribution is 5.81. The standard InChI is InChI=1S/C17H26N2O2/c1-13(2)15-7-5-6-8-16(15)21-14(3)17(20)19-11-9-18(4)10-12-19/h5-8,13-14H,9-12H2,1-4H3. The molecular formula is C17H26N2O2. The van der Waals surface area contributed by atoms with Crippen molar-refractivity contribution in [3.05, 3.63) is 29.8 Å². The molecule has 1 aromatic rings. The van der Waals surface area contributed by atoms with Crippen LogP contribution in [0, 0.1) is 0 Å².